The minimum Gasteiger partial charge on any atom is -0.485 e. The second-order valence-corrected chi connectivity index (χ2v) is 8.88. The normalized spacial score (nSPS) is 17.1. The zero-order valence-electron chi connectivity index (χ0n) is 14.5. The third-order valence-corrected chi connectivity index (χ3v) is 7.13. The Labute approximate surface area is 164 Å². The molecule has 1 aliphatic heterocycles. The van der Waals surface area contributed by atoms with Crippen LogP contribution in [0, 0.1) is 0 Å². The number of anilines is 1. The van der Waals surface area contributed by atoms with Crippen LogP contribution in [0.2, 0.25) is 10.0 Å². The van der Waals surface area contributed by atoms with Gasteiger partial charge in [0.05, 0.1) is 28.8 Å². The third kappa shape index (κ3) is 3.64. The first-order chi connectivity index (χ1) is 12.3. The van der Waals surface area contributed by atoms with Crippen LogP contribution in [-0.4, -0.2) is 45.5 Å². The van der Waals surface area contributed by atoms with Crippen molar-refractivity contribution in [2.45, 2.75) is 17.9 Å². The van der Waals surface area contributed by atoms with Crippen LogP contribution in [0.4, 0.5) is 5.69 Å². The average Bonchev–Trinajstić information content (AvgIpc) is 2.60. The van der Waals surface area contributed by atoms with Crippen molar-refractivity contribution in [3.05, 3.63) is 52.5 Å². The number of halogens is 2. The fraction of sp³-hybridized carbons (Fsp3) is 0.333. The van der Waals surface area contributed by atoms with Gasteiger partial charge < -0.3 is 9.64 Å². The lowest BCUT2D eigenvalue weighted by Gasteiger charge is -2.37. The Balaban J connectivity index is 1.83. The topological polar surface area (TPSA) is 49.9 Å². The van der Waals surface area contributed by atoms with E-state index in [1.54, 1.807) is 6.07 Å². The summed E-state index contributed by atoms with van der Waals surface area (Å²) in [6.07, 6.45) is -0.300. The molecule has 1 atom stereocenters. The van der Waals surface area contributed by atoms with E-state index in [1.165, 1.54) is 23.5 Å². The molecule has 1 heterocycles. The molecule has 0 radical (unpaired) electrons. The fourth-order valence-electron chi connectivity index (χ4n) is 3.04. The van der Waals surface area contributed by atoms with E-state index in [0.29, 0.717) is 6.54 Å². The van der Waals surface area contributed by atoms with Crippen LogP contribution in [0.5, 0.6) is 5.75 Å². The minimum atomic E-state index is -3.83. The van der Waals surface area contributed by atoms with E-state index in [9.17, 15) is 8.42 Å². The van der Waals surface area contributed by atoms with Crippen LogP contribution in [0.25, 0.3) is 0 Å². The Morgan fingerprint density at radius 3 is 2.46 bits per heavy atom. The minimum absolute atomic E-state index is 0.0746. The summed E-state index contributed by atoms with van der Waals surface area (Å²) in [7, 11) is -2.32. The molecular weight excluding hydrogens is 395 g/mol. The molecule has 0 aromatic heterocycles. The molecule has 2 aromatic carbocycles. The summed E-state index contributed by atoms with van der Waals surface area (Å²) in [4.78, 5) is 2.10. The Morgan fingerprint density at radius 1 is 1.15 bits per heavy atom. The molecule has 0 N–H and O–H groups in total. The molecular formula is C18H20Cl2N2O3S. The SMILES string of the molecule is CCN1CC(CN(C)S(=O)(=O)c2c(Cl)cccc2Cl)Oc2ccccc21. The van der Waals surface area contributed by atoms with E-state index >= 15 is 0 Å². The van der Waals surface area contributed by atoms with E-state index in [0.717, 1.165) is 18.0 Å². The van der Waals surface area contributed by atoms with Gasteiger partial charge in [-0.15, -0.1) is 0 Å². The number of benzene rings is 2. The number of ether oxygens (including phenoxy) is 1. The summed E-state index contributed by atoms with van der Waals surface area (Å²) in [5.41, 5.74) is 1.02. The zero-order valence-corrected chi connectivity index (χ0v) is 16.9. The molecule has 0 saturated heterocycles. The number of rotatable bonds is 5. The van der Waals surface area contributed by atoms with Crippen molar-refractivity contribution in [2.75, 3.05) is 31.6 Å². The maximum Gasteiger partial charge on any atom is 0.245 e. The Hall–Kier alpha value is -1.47. The van der Waals surface area contributed by atoms with Crippen LogP contribution in [-0.2, 0) is 10.0 Å². The van der Waals surface area contributed by atoms with Gasteiger partial charge in [-0.25, -0.2) is 8.42 Å². The van der Waals surface area contributed by atoms with E-state index in [-0.39, 0.29) is 27.6 Å². The van der Waals surface area contributed by atoms with Gasteiger partial charge in [-0.1, -0.05) is 41.4 Å². The van der Waals surface area contributed by atoms with Crippen LogP contribution in [0.15, 0.2) is 47.4 Å². The van der Waals surface area contributed by atoms with Gasteiger partial charge in [-0.05, 0) is 31.2 Å². The highest BCUT2D eigenvalue weighted by molar-refractivity contribution is 7.89. The van der Waals surface area contributed by atoms with E-state index in [1.807, 2.05) is 24.3 Å². The smallest absolute Gasteiger partial charge is 0.245 e. The molecule has 2 aromatic rings. The molecule has 1 aliphatic rings. The molecule has 1 unspecified atom stereocenters. The van der Waals surface area contributed by atoms with Crippen LogP contribution < -0.4 is 9.64 Å². The third-order valence-electron chi connectivity index (χ3n) is 4.35. The van der Waals surface area contributed by atoms with E-state index in [4.69, 9.17) is 27.9 Å². The molecule has 8 heteroatoms. The maximum absolute atomic E-state index is 12.9. The largest absolute Gasteiger partial charge is 0.485 e. The highest BCUT2D eigenvalue weighted by Gasteiger charge is 2.31. The monoisotopic (exact) mass is 414 g/mol. The first-order valence-corrected chi connectivity index (χ1v) is 10.4. The summed E-state index contributed by atoms with van der Waals surface area (Å²) >= 11 is 12.2. The number of fused-ring (bicyclic) bond motifs is 1. The standard InChI is InChI=1S/C18H20Cl2N2O3S/c1-3-22-12-13(25-17-10-5-4-9-16(17)22)11-21(2)26(23,24)18-14(19)7-6-8-15(18)20/h4-10,13H,3,11-12H2,1-2H3. The molecule has 0 amide bonds. The van der Waals surface area contributed by atoms with Gasteiger partial charge in [0.15, 0.2) is 0 Å². The number of hydrogen-bond donors (Lipinski definition) is 0. The molecule has 0 aliphatic carbocycles. The molecule has 0 spiro atoms. The number of hydrogen-bond acceptors (Lipinski definition) is 4. The second kappa shape index (κ2) is 7.64. The molecule has 0 saturated carbocycles. The predicted octanol–water partition coefficient (Wildman–Crippen LogP) is 3.90. The van der Waals surface area contributed by atoms with E-state index in [2.05, 4.69) is 11.8 Å². The first kappa shape index (κ1) is 19.3. The Bertz CT molecular complexity index is 885. The fourth-order valence-corrected chi connectivity index (χ4v) is 5.33. The average molecular weight is 415 g/mol. The molecule has 140 valence electrons. The Kier molecular flexibility index (Phi) is 5.67. The quantitative estimate of drug-likeness (QED) is 0.743. The second-order valence-electron chi connectivity index (χ2n) is 6.08. The van der Waals surface area contributed by atoms with Crippen molar-refractivity contribution in [1.82, 2.24) is 4.31 Å². The highest BCUT2D eigenvalue weighted by atomic mass is 35.5. The van der Waals surface area contributed by atoms with Gasteiger partial charge >= 0.3 is 0 Å². The van der Waals surface area contributed by atoms with Crippen molar-refractivity contribution in [3.8, 4) is 5.75 Å². The van der Waals surface area contributed by atoms with Crippen LogP contribution >= 0.6 is 23.2 Å². The summed E-state index contributed by atoms with van der Waals surface area (Å²) in [5, 5.41) is 0.212. The summed E-state index contributed by atoms with van der Waals surface area (Å²) < 4.78 is 33.1. The highest BCUT2D eigenvalue weighted by Crippen LogP contribution is 2.34. The van der Waals surface area contributed by atoms with Gasteiger partial charge in [-0.3, -0.25) is 0 Å². The van der Waals surface area contributed by atoms with Crippen molar-refractivity contribution < 1.29 is 13.2 Å². The molecule has 0 bridgehead atoms. The maximum atomic E-state index is 12.9. The zero-order chi connectivity index (χ0) is 18.9. The van der Waals surface area contributed by atoms with Crippen LogP contribution in [0.3, 0.4) is 0 Å². The van der Waals surface area contributed by atoms with Crippen molar-refractivity contribution in [1.29, 1.82) is 0 Å². The number of para-hydroxylation sites is 2. The van der Waals surface area contributed by atoms with Gasteiger partial charge in [0.1, 0.15) is 16.7 Å². The lowest BCUT2D eigenvalue weighted by atomic mass is 10.2. The summed E-state index contributed by atoms with van der Waals surface area (Å²) in [5.74, 6) is 0.757. The summed E-state index contributed by atoms with van der Waals surface area (Å²) in [6, 6.07) is 12.4. The van der Waals surface area contributed by atoms with E-state index < -0.39 is 10.0 Å². The molecule has 3 rings (SSSR count). The molecule has 26 heavy (non-hydrogen) atoms. The lowest BCUT2D eigenvalue weighted by molar-refractivity contribution is 0.171. The predicted molar refractivity (Wildman–Crippen MR) is 105 cm³/mol. The molecule has 5 nitrogen and oxygen atoms in total. The van der Waals surface area contributed by atoms with Gasteiger partial charge in [0.2, 0.25) is 10.0 Å². The molecule has 0 fully saturated rings. The number of sulfonamides is 1. The van der Waals surface area contributed by atoms with Gasteiger partial charge in [0, 0.05) is 13.6 Å². The summed E-state index contributed by atoms with van der Waals surface area (Å²) in [6.45, 7) is 3.66. The van der Waals surface area contributed by atoms with Gasteiger partial charge in [-0.2, -0.15) is 4.31 Å². The first-order valence-electron chi connectivity index (χ1n) is 8.25. The Morgan fingerprint density at radius 2 is 1.81 bits per heavy atom. The van der Waals surface area contributed by atoms with Crippen LogP contribution in [0.1, 0.15) is 6.92 Å². The van der Waals surface area contributed by atoms with Crippen molar-refractivity contribution >= 4 is 38.9 Å². The van der Waals surface area contributed by atoms with Crippen molar-refractivity contribution in [3.63, 3.8) is 0 Å². The number of likely N-dealkylation sites (N-methyl/N-ethyl adjacent to an activating group) is 2. The van der Waals surface area contributed by atoms with Gasteiger partial charge in [0.25, 0.3) is 0 Å². The lowest BCUT2D eigenvalue weighted by Crippen LogP contribution is -2.46. The number of nitrogens with zero attached hydrogens (tertiary/aromatic N) is 2. The van der Waals surface area contributed by atoms with Crippen molar-refractivity contribution in [2.24, 2.45) is 0 Å².